The Balaban J connectivity index is 2.00. The molecule has 1 aliphatic heterocycles. The van der Waals surface area contributed by atoms with Crippen molar-refractivity contribution in [3.63, 3.8) is 0 Å². The first kappa shape index (κ1) is 20.5. The molecule has 1 rings (SSSR count). The Labute approximate surface area is 143 Å². The fourth-order valence-electron chi connectivity index (χ4n) is 1.76. The predicted molar refractivity (Wildman–Crippen MR) is 81.3 cm³/mol. The van der Waals surface area contributed by atoms with Gasteiger partial charge in [0.25, 0.3) is 11.8 Å². The zero-order valence-electron chi connectivity index (χ0n) is 13.6. The summed E-state index contributed by atoms with van der Waals surface area (Å²) in [5, 5.41) is 13.9. The number of hydroxylamine groups is 2. The Kier molecular flexibility index (Phi) is 9.78. The van der Waals surface area contributed by atoms with Gasteiger partial charge in [0.1, 0.15) is 0 Å². The predicted octanol–water partition coefficient (Wildman–Crippen LogP) is -1.02. The lowest BCUT2D eigenvalue weighted by Crippen LogP contribution is -2.33. The molecule has 0 aromatic rings. The van der Waals surface area contributed by atoms with Crippen molar-refractivity contribution in [1.29, 1.82) is 0 Å². The van der Waals surface area contributed by atoms with Crippen LogP contribution >= 0.6 is 0 Å². The summed E-state index contributed by atoms with van der Waals surface area (Å²) >= 11 is 0. The lowest BCUT2D eigenvalue weighted by Gasteiger charge is -2.12. The van der Waals surface area contributed by atoms with E-state index in [1.54, 1.807) is 0 Å². The van der Waals surface area contributed by atoms with Gasteiger partial charge in [-0.2, -0.15) is 0 Å². The van der Waals surface area contributed by atoms with E-state index in [4.69, 9.17) is 14.7 Å². The van der Waals surface area contributed by atoms with Crippen LogP contribution < -0.4 is 5.32 Å². The van der Waals surface area contributed by atoms with Crippen LogP contribution in [0.25, 0.3) is 0 Å². The van der Waals surface area contributed by atoms with Gasteiger partial charge in [-0.15, -0.1) is 5.06 Å². The minimum Gasteiger partial charge on any atom is -0.411 e. The van der Waals surface area contributed by atoms with Crippen LogP contribution in [-0.4, -0.2) is 73.1 Å². The number of imide groups is 1. The van der Waals surface area contributed by atoms with E-state index in [1.165, 1.54) is 6.21 Å². The maximum atomic E-state index is 11.5. The van der Waals surface area contributed by atoms with Gasteiger partial charge in [0, 0.05) is 25.8 Å². The molecule has 3 amide bonds. The van der Waals surface area contributed by atoms with E-state index in [0.29, 0.717) is 18.3 Å². The zero-order valence-corrected chi connectivity index (χ0v) is 13.6. The third kappa shape index (κ3) is 8.77. The lowest BCUT2D eigenvalue weighted by molar-refractivity contribution is -0.197. The Hall–Kier alpha value is -2.53. The number of nitrogens with zero attached hydrogens (tertiary/aromatic N) is 2. The highest BCUT2D eigenvalue weighted by molar-refractivity contribution is 6.01. The van der Waals surface area contributed by atoms with Crippen molar-refractivity contribution in [3.8, 4) is 0 Å². The molecule has 0 spiro atoms. The number of rotatable bonds is 12. The molecule has 0 unspecified atom stereocenters. The van der Waals surface area contributed by atoms with Crippen LogP contribution in [0.4, 0.5) is 0 Å². The van der Waals surface area contributed by atoms with E-state index < -0.39 is 17.8 Å². The molecule has 2 N–H and O–H groups in total. The number of carbonyl (C=O) groups is 4. The molecule has 0 saturated carbocycles. The third-order valence-electron chi connectivity index (χ3n) is 2.97. The molecule has 1 aliphatic rings. The average molecular weight is 359 g/mol. The lowest BCUT2D eigenvalue weighted by atomic mass is 10.3. The minimum absolute atomic E-state index is 0.0205. The summed E-state index contributed by atoms with van der Waals surface area (Å²) in [5.74, 6) is -2.33. The van der Waals surface area contributed by atoms with Gasteiger partial charge in [-0.25, -0.2) is 4.79 Å². The summed E-state index contributed by atoms with van der Waals surface area (Å²) in [6, 6.07) is 0. The molecule has 0 atom stereocenters. The summed E-state index contributed by atoms with van der Waals surface area (Å²) in [5.41, 5.74) is 0. The van der Waals surface area contributed by atoms with Gasteiger partial charge >= 0.3 is 5.97 Å². The van der Waals surface area contributed by atoms with Crippen molar-refractivity contribution < 1.29 is 38.7 Å². The molecule has 25 heavy (non-hydrogen) atoms. The van der Waals surface area contributed by atoms with Crippen molar-refractivity contribution in [2.75, 3.05) is 33.0 Å². The summed E-state index contributed by atoms with van der Waals surface area (Å²) in [4.78, 5) is 50.2. The highest BCUT2D eigenvalue weighted by atomic mass is 16.7. The van der Waals surface area contributed by atoms with Crippen molar-refractivity contribution in [2.24, 2.45) is 5.16 Å². The average Bonchev–Trinajstić information content (AvgIpc) is 2.90. The van der Waals surface area contributed by atoms with Crippen LogP contribution in [0.2, 0.25) is 0 Å². The van der Waals surface area contributed by atoms with Crippen molar-refractivity contribution in [1.82, 2.24) is 10.4 Å². The Morgan fingerprint density at radius 3 is 2.48 bits per heavy atom. The molecule has 1 fully saturated rings. The smallest absolute Gasteiger partial charge is 0.333 e. The van der Waals surface area contributed by atoms with E-state index in [2.05, 4.69) is 15.3 Å². The Bertz CT molecular complexity index is 492. The second-order valence-corrected chi connectivity index (χ2v) is 4.88. The molecule has 11 nitrogen and oxygen atoms in total. The minimum atomic E-state index is -0.821. The van der Waals surface area contributed by atoms with E-state index >= 15 is 0 Å². The van der Waals surface area contributed by atoms with Crippen molar-refractivity contribution in [2.45, 2.75) is 25.7 Å². The Morgan fingerprint density at radius 2 is 1.80 bits per heavy atom. The molecule has 0 radical (unpaired) electrons. The van der Waals surface area contributed by atoms with Crippen LogP contribution in [0, 0.1) is 0 Å². The van der Waals surface area contributed by atoms with Crippen LogP contribution in [0.15, 0.2) is 5.16 Å². The fraction of sp³-hybridized carbons (Fsp3) is 0.643. The maximum absolute atomic E-state index is 11.5. The number of hydrogen-bond donors (Lipinski definition) is 2. The highest BCUT2D eigenvalue weighted by Gasteiger charge is 2.32. The monoisotopic (exact) mass is 359 g/mol. The first-order valence-corrected chi connectivity index (χ1v) is 7.69. The number of carbonyl (C=O) groups excluding carboxylic acids is 4. The second kappa shape index (κ2) is 11.9. The number of oxime groups is 1. The number of ether oxygens (including phenoxy) is 2. The number of amides is 3. The number of nitrogens with one attached hydrogen (secondary N) is 1. The van der Waals surface area contributed by atoms with Crippen LogP contribution in [0.1, 0.15) is 25.7 Å². The van der Waals surface area contributed by atoms with Gasteiger partial charge in [-0.05, 0) is 0 Å². The van der Waals surface area contributed by atoms with Gasteiger partial charge in [0.05, 0.1) is 39.1 Å². The van der Waals surface area contributed by atoms with Crippen LogP contribution in [0.3, 0.4) is 0 Å². The molecule has 0 aromatic heterocycles. The summed E-state index contributed by atoms with van der Waals surface area (Å²) in [7, 11) is 0. The summed E-state index contributed by atoms with van der Waals surface area (Å²) in [6.07, 6.45) is 0.864. The first-order chi connectivity index (χ1) is 12.0. The molecule has 0 bridgehead atoms. The summed E-state index contributed by atoms with van der Waals surface area (Å²) in [6.45, 7) is 1.35. The third-order valence-corrected chi connectivity index (χ3v) is 2.97. The van der Waals surface area contributed by atoms with Gasteiger partial charge in [-0.3, -0.25) is 14.4 Å². The molecule has 1 saturated heterocycles. The quantitative estimate of drug-likeness (QED) is 0.148. The Morgan fingerprint density at radius 1 is 1.12 bits per heavy atom. The molecule has 11 heteroatoms. The molecule has 140 valence electrons. The zero-order chi connectivity index (χ0) is 18.5. The van der Waals surface area contributed by atoms with E-state index in [0.717, 1.165) is 0 Å². The maximum Gasteiger partial charge on any atom is 0.333 e. The van der Waals surface area contributed by atoms with Crippen LogP contribution in [0.5, 0.6) is 0 Å². The van der Waals surface area contributed by atoms with Gasteiger partial charge < -0.3 is 24.8 Å². The van der Waals surface area contributed by atoms with Crippen molar-refractivity contribution >= 4 is 29.9 Å². The normalized spacial score (nSPS) is 14.3. The van der Waals surface area contributed by atoms with Gasteiger partial charge in [0.15, 0.2) is 0 Å². The summed E-state index contributed by atoms with van der Waals surface area (Å²) < 4.78 is 10.2. The SMILES string of the molecule is O=C(CCC(=O)ON1C(=O)CCC1=O)NCCOCCOC/C=N\O. The van der Waals surface area contributed by atoms with Crippen molar-refractivity contribution in [3.05, 3.63) is 0 Å². The highest BCUT2D eigenvalue weighted by Crippen LogP contribution is 2.12. The molecule has 0 aliphatic carbocycles. The first-order valence-electron chi connectivity index (χ1n) is 7.69. The number of hydrogen-bond acceptors (Lipinski definition) is 9. The van der Waals surface area contributed by atoms with Crippen LogP contribution in [-0.2, 0) is 33.5 Å². The molecular weight excluding hydrogens is 338 g/mol. The van der Waals surface area contributed by atoms with Gasteiger partial charge in [0.2, 0.25) is 5.91 Å². The van der Waals surface area contributed by atoms with E-state index in [9.17, 15) is 19.2 Å². The van der Waals surface area contributed by atoms with E-state index in [1.807, 2.05) is 0 Å². The molecule has 1 heterocycles. The fourth-order valence-corrected chi connectivity index (χ4v) is 1.76. The standard InChI is InChI=1S/C14H21N3O8/c18-11(15-5-7-23-9-10-24-8-6-16-22)1-4-14(21)25-17-12(19)2-3-13(17)20/h6,22H,1-5,7-10H2,(H,15,18)/b16-6-. The largest absolute Gasteiger partial charge is 0.411 e. The molecule has 0 aromatic carbocycles. The second-order valence-electron chi connectivity index (χ2n) is 4.88. The van der Waals surface area contributed by atoms with Gasteiger partial charge in [-0.1, -0.05) is 5.16 Å². The van der Waals surface area contributed by atoms with E-state index in [-0.39, 0.29) is 51.3 Å². The topological polar surface area (TPSA) is 144 Å². The molecular formula is C14H21N3O8.